The van der Waals surface area contributed by atoms with E-state index in [-0.39, 0.29) is 4.11 Å². The highest BCUT2D eigenvalue weighted by atomic mass is 127. The number of alkyl halides is 1. The van der Waals surface area contributed by atoms with Gasteiger partial charge in [0.1, 0.15) is 0 Å². The van der Waals surface area contributed by atoms with Crippen molar-refractivity contribution >= 4 is 28.5 Å². The average molecular weight is 225 g/mol. The van der Waals surface area contributed by atoms with Crippen molar-refractivity contribution in [1.82, 2.24) is 0 Å². The number of hydrogen-bond donors (Lipinski definition) is 0. The van der Waals surface area contributed by atoms with Gasteiger partial charge in [-0.15, -0.1) is 0 Å². The molecule has 0 radical (unpaired) electrons. The largest absolute Gasteiger partial charge is 0.465 e. The molecular formula is C5H8INO. The highest BCUT2D eigenvalue weighted by molar-refractivity contribution is 14.1. The molecule has 0 aromatic carbocycles. The van der Waals surface area contributed by atoms with Crippen molar-refractivity contribution in [3.63, 3.8) is 0 Å². The fourth-order valence-corrected chi connectivity index (χ4v) is 1.17. The van der Waals surface area contributed by atoms with Crippen molar-refractivity contribution in [3.05, 3.63) is 0 Å². The molecule has 0 saturated carbocycles. The van der Waals surface area contributed by atoms with Crippen molar-refractivity contribution in [2.75, 3.05) is 0 Å². The zero-order valence-corrected chi connectivity index (χ0v) is 7.05. The molecule has 2 atom stereocenters. The Morgan fingerprint density at radius 2 is 2.38 bits per heavy atom. The van der Waals surface area contributed by atoms with Crippen LogP contribution in [0.3, 0.4) is 0 Å². The van der Waals surface area contributed by atoms with Crippen LogP contribution >= 0.6 is 22.6 Å². The van der Waals surface area contributed by atoms with E-state index in [0.717, 1.165) is 5.90 Å². The van der Waals surface area contributed by atoms with Gasteiger partial charge in [0.05, 0.1) is 6.04 Å². The maximum atomic E-state index is 5.21. The average Bonchev–Trinajstić information content (AvgIpc) is 1.85. The van der Waals surface area contributed by atoms with Gasteiger partial charge in [0, 0.05) is 6.92 Å². The second-order valence-corrected chi connectivity index (χ2v) is 3.09. The molecule has 0 fully saturated rings. The van der Waals surface area contributed by atoms with Gasteiger partial charge in [0.25, 0.3) is 0 Å². The number of aliphatic imine (C=N–C) groups is 1. The quantitative estimate of drug-likeness (QED) is 0.453. The summed E-state index contributed by atoms with van der Waals surface area (Å²) >= 11 is 2.24. The first kappa shape index (κ1) is 6.32. The van der Waals surface area contributed by atoms with Gasteiger partial charge in [-0.05, 0) is 29.5 Å². The normalized spacial score (nSPS) is 36.6. The van der Waals surface area contributed by atoms with Crippen LogP contribution in [0.4, 0.5) is 0 Å². The predicted molar refractivity (Wildman–Crippen MR) is 41.5 cm³/mol. The van der Waals surface area contributed by atoms with Crippen molar-refractivity contribution < 1.29 is 4.74 Å². The van der Waals surface area contributed by atoms with E-state index in [1.807, 2.05) is 13.8 Å². The van der Waals surface area contributed by atoms with Crippen LogP contribution in [0.1, 0.15) is 13.8 Å². The van der Waals surface area contributed by atoms with E-state index < -0.39 is 0 Å². The zero-order chi connectivity index (χ0) is 6.15. The molecule has 0 saturated heterocycles. The Morgan fingerprint density at radius 1 is 1.75 bits per heavy atom. The Balaban J connectivity index is 2.56. The Kier molecular flexibility index (Phi) is 1.74. The molecule has 0 N–H and O–H groups in total. The van der Waals surface area contributed by atoms with Crippen molar-refractivity contribution in [2.24, 2.45) is 4.99 Å². The predicted octanol–water partition coefficient (Wildman–Crippen LogP) is 1.58. The Morgan fingerprint density at radius 3 is 2.50 bits per heavy atom. The van der Waals surface area contributed by atoms with Crippen LogP contribution in [-0.2, 0) is 4.74 Å². The molecule has 1 heterocycles. The summed E-state index contributed by atoms with van der Waals surface area (Å²) < 4.78 is 5.47. The molecule has 0 amide bonds. The molecule has 2 nitrogen and oxygen atoms in total. The molecule has 0 spiro atoms. The standard InChI is InChI=1S/C5H8INO/c1-3-5(6)8-4(2)7-3/h3,5H,1-2H3. The van der Waals surface area contributed by atoms with E-state index in [1.54, 1.807) is 0 Å². The summed E-state index contributed by atoms with van der Waals surface area (Å²) in [6.45, 7) is 3.93. The van der Waals surface area contributed by atoms with Crippen molar-refractivity contribution in [2.45, 2.75) is 24.0 Å². The van der Waals surface area contributed by atoms with Gasteiger partial charge in [-0.1, -0.05) is 0 Å². The van der Waals surface area contributed by atoms with Crippen LogP contribution in [0.5, 0.6) is 0 Å². The third-order valence-electron chi connectivity index (χ3n) is 1.05. The molecule has 8 heavy (non-hydrogen) atoms. The van der Waals surface area contributed by atoms with E-state index in [4.69, 9.17) is 4.74 Å². The number of hydrogen-bond acceptors (Lipinski definition) is 2. The Labute approximate surface area is 62.5 Å². The second kappa shape index (κ2) is 2.21. The van der Waals surface area contributed by atoms with Crippen LogP contribution in [-0.4, -0.2) is 16.1 Å². The number of nitrogens with zero attached hydrogens (tertiary/aromatic N) is 1. The minimum Gasteiger partial charge on any atom is -0.465 e. The molecular weight excluding hydrogens is 217 g/mol. The van der Waals surface area contributed by atoms with Crippen molar-refractivity contribution in [1.29, 1.82) is 0 Å². The van der Waals surface area contributed by atoms with Crippen LogP contribution in [0.15, 0.2) is 4.99 Å². The van der Waals surface area contributed by atoms with Crippen LogP contribution in [0.2, 0.25) is 0 Å². The molecule has 2 unspecified atom stereocenters. The summed E-state index contributed by atoms with van der Waals surface area (Å²) in [6, 6.07) is 0.343. The molecule has 0 aliphatic carbocycles. The molecule has 1 aliphatic rings. The topological polar surface area (TPSA) is 21.6 Å². The first-order valence-corrected chi connectivity index (χ1v) is 3.80. The molecule has 0 aromatic heterocycles. The van der Waals surface area contributed by atoms with Crippen LogP contribution in [0, 0.1) is 0 Å². The lowest BCUT2D eigenvalue weighted by Crippen LogP contribution is -2.09. The molecule has 46 valence electrons. The summed E-state index contributed by atoms with van der Waals surface area (Å²) in [5, 5.41) is 0. The Bertz CT molecular complexity index is 124. The van der Waals surface area contributed by atoms with Gasteiger partial charge in [-0.25, -0.2) is 4.99 Å². The third kappa shape index (κ3) is 1.13. The second-order valence-electron chi connectivity index (χ2n) is 1.86. The van der Waals surface area contributed by atoms with E-state index in [1.165, 1.54) is 0 Å². The van der Waals surface area contributed by atoms with E-state index >= 15 is 0 Å². The van der Waals surface area contributed by atoms with E-state index in [9.17, 15) is 0 Å². The highest BCUT2D eigenvalue weighted by Gasteiger charge is 2.20. The van der Waals surface area contributed by atoms with Crippen LogP contribution < -0.4 is 0 Å². The van der Waals surface area contributed by atoms with Crippen LogP contribution in [0.25, 0.3) is 0 Å². The van der Waals surface area contributed by atoms with Gasteiger partial charge in [0.2, 0.25) is 0 Å². The maximum Gasteiger partial charge on any atom is 0.181 e. The summed E-state index contributed by atoms with van der Waals surface area (Å²) in [5.74, 6) is 0.817. The SMILES string of the molecule is CC1=NC(C)C(I)O1. The molecule has 3 heteroatoms. The molecule has 1 rings (SSSR count). The van der Waals surface area contributed by atoms with Crippen molar-refractivity contribution in [3.8, 4) is 0 Å². The van der Waals surface area contributed by atoms with E-state index in [2.05, 4.69) is 27.6 Å². The maximum absolute atomic E-state index is 5.21. The lowest BCUT2D eigenvalue weighted by molar-refractivity contribution is 0.302. The highest BCUT2D eigenvalue weighted by Crippen LogP contribution is 2.17. The fourth-order valence-electron chi connectivity index (χ4n) is 0.637. The number of rotatable bonds is 0. The molecule has 0 aromatic rings. The first-order valence-electron chi connectivity index (χ1n) is 2.55. The zero-order valence-electron chi connectivity index (χ0n) is 4.89. The smallest absolute Gasteiger partial charge is 0.181 e. The number of ether oxygens (including phenoxy) is 1. The summed E-state index contributed by atoms with van der Waals surface area (Å²) in [7, 11) is 0. The first-order chi connectivity index (χ1) is 3.70. The lowest BCUT2D eigenvalue weighted by atomic mass is 10.4. The molecule has 1 aliphatic heterocycles. The monoisotopic (exact) mass is 225 g/mol. The Hall–Kier alpha value is 0.200. The van der Waals surface area contributed by atoms with Gasteiger partial charge < -0.3 is 4.74 Å². The van der Waals surface area contributed by atoms with Gasteiger partial charge in [-0.3, -0.25) is 0 Å². The lowest BCUT2D eigenvalue weighted by Gasteiger charge is -2.02. The fraction of sp³-hybridized carbons (Fsp3) is 0.800. The minimum absolute atomic E-state index is 0.257. The molecule has 0 bridgehead atoms. The summed E-state index contributed by atoms with van der Waals surface area (Å²) in [5.41, 5.74) is 0. The van der Waals surface area contributed by atoms with Gasteiger partial charge in [0.15, 0.2) is 10.0 Å². The minimum atomic E-state index is 0.257. The summed E-state index contributed by atoms with van der Waals surface area (Å²) in [6.07, 6.45) is 0. The van der Waals surface area contributed by atoms with Gasteiger partial charge in [-0.2, -0.15) is 0 Å². The van der Waals surface area contributed by atoms with E-state index in [0.29, 0.717) is 6.04 Å². The number of halogens is 1. The summed E-state index contributed by atoms with van der Waals surface area (Å²) in [4.78, 5) is 4.16. The van der Waals surface area contributed by atoms with Gasteiger partial charge >= 0.3 is 0 Å². The third-order valence-corrected chi connectivity index (χ3v) is 2.34.